The van der Waals surface area contributed by atoms with E-state index in [9.17, 15) is 14.4 Å². The van der Waals surface area contributed by atoms with E-state index in [0.717, 1.165) is 34.4 Å². The number of nitrogens with one attached hydrogen (secondary N) is 2. The van der Waals surface area contributed by atoms with Crippen molar-refractivity contribution in [3.8, 4) is 11.5 Å². The molecule has 1 fully saturated rings. The Labute approximate surface area is 180 Å². The van der Waals surface area contributed by atoms with Gasteiger partial charge in [0.1, 0.15) is 6.04 Å². The molecule has 8 nitrogen and oxygen atoms in total. The first-order valence-corrected chi connectivity index (χ1v) is 10.2. The lowest BCUT2D eigenvalue weighted by molar-refractivity contribution is -0.131. The Morgan fingerprint density at radius 2 is 1.84 bits per heavy atom. The molecule has 2 N–H and O–H groups in total. The third kappa shape index (κ3) is 4.19. The van der Waals surface area contributed by atoms with Crippen LogP contribution < -0.4 is 20.1 Å². The molecule has 0 bridgehead atoms. The SMILES string of the molecule is COc1cc2c(cc1OC)[C@@H](NC(=O)C[C@@H]1NC(=O)N(Cc3ccccc3)C1=O)CC2. The van der Waals surface area contributed by atoms with Crippen LogP contribution in [0, 0.1) is 0 Å². The summed E-state index contributed by atoms with van der Waals surface area (Å²) in [7, 11) is 3.16. The van der Waals surface area contributed by atoms with E-state index < -0.39 is 12.1 Å². The first-order chi connectivity index (χ1) is 15.0. The van der Waals surface area contributed by atoms with Crippen LogP contribution in [0.5, 0.6) is 11.5 Å². The maximum Gasteiger partial charge on any atom is 0.325 e. The van der Waals surface area contributed by atoms with Gasteiger partial charge in [-0.3, -0.25) is 14.5 Å². The number of rotatable bonds is 7. The van der Waals surface area contributed by atoms with E-state index in [-0.39, 0.29) is 30.8 Å². The fourth-order valence-electron chi connectivity index (χ4n) is 4.15. The number of benzene rings is 2. The van der Waals surface area contributed by atoms with Crippen LogP contribution in [0.3, 0.4) is 0 Å². The van der Waals surface area contributed by atoms with Crippen LogP contribution in [0.1, 0.15) is 35.6 Å². The zero-order chi connectivity index (χ0) is 22.0. The predicted molar refractivity (Wildman–Crippen MR) is 113 cm³/mol. The molecule has 31 heavy (non-hydrogen) atoms. The molecule has 162 valence electrons. The van der Waals surface area contributed by atoms with Crippen molar-refractivity contribution in [3.05, 3.63) is 59.2 Å². The van der Waals surface area contributed by atoms with Gasteiger partial charge in [0.05, 0.1) is 33.2 Å². The van der Waals surface area contributed by atoms with Crippen LogP contribution in [0.25, 0.3) is 0 Å². The number of amides is 4. The summed E-state index contributed by atoms with van der Waals surface area (Å²) >= 11 is 0. The molecule has 1 saturated heterocycles. The van der Waals surface area contributed by atoms with E-state index in [2.05, 4.69) is 10.6 Å². The van der Waals surface area contributed by atoms with Gasteiger partial charge in [-0.25, -0.2) is 4.79 Å². The molecule has 1 heterocycles. The van der Waals surface area contributed by atoms with Gasteiger partial charge in [-0.1, -0.05) is 30.3 Å². The molecule has 2 aromatic carbocycles. The van der Waals surface area contributed by atoms with Gasteiger partial charge in [-0.05, 0) is 41.7 Å². The van der Waals surface area contributed by atoms with E-state index in [1.165, 1.54) is 0 Å². The van der Waals surface area contributed by atoms with Crippen LogP contribution in [0.4, 0.5) is 4.79 Å². The van der Waals surface area contributed by atoms with Crippen LogP contribution in [0.15, 0.2) is 42.5 Å². The number of nitrogens with zero attached hydrogens (tertiary/aromatic N) is 1. The number of aryl methyl sites for hydroxylation is 1. The molecule has 0 saturated carbocycles. The monoisotopic (exact) mass is 423 g/mol. The molecule has 2 atom stereocenters. The Hall–Kier alpha value is -3.55. The molecule has 4 rings (SSSR count). The number of fused-ring (bicyclic) bond motifs is 1. The molecule has 4 amide bonds. The van der Waals surface area contributed by atoms with Gasteiger partial charge in [0.15, 0.2) is 11.5 Å². The Balaban J connectivity index is 1.39. The summed E-state index contributed by atoms with van der Waals surface area (Å²) in [5.74, 6) is 0.596. The van der Waals surface area contributed by atoms with Gasteiger partial charge in [-0.2, -0.15) is 0 Å². The van der Waals surface area contributed by atoms with Crippen molar-refractivity contribution in [3.63, 3.8) is 0 Å². The molecule has 0 unspecified atom stereocenters. The number of urea groups is 1. The molecule has 2 aromatic rings. The summed E-state index contributed by atoms with van der Waals surface area (Å²) in [6.45, 7) is 0.182. The van der Waals surface area contributed by atoms with Gasteiger partial charge < -0.3 is 20.1 Å². The van der Waals surface area contributed by atoms with Crippen LogP contribution in [-0.4, -0.2) is 43.0 Å². The second kappa shape index (κ2) is 8.67. The van der Waals surface area contributed by atoms with E-state index in [4.69, 9.17) is 9.47 Å². The number of imide groups is 1. The predicted octanol–water partition coefficient (Wildman–Crippen LogP) is 2.32. The lowest BCUT2D eigenvalue weighted by Gasteiger charge is -2.17. The zero-order valence-electron chi connectivity index (χ0n) is 17.5. The first kappa shape index (κ1) is 20.7. The van der Waals surface area contributed by atoms with Crippen molar-refractivity contribution >= 4 is 17.8 Å². The molecule has 0 spiro atoms. The number of carbonyl (C=O) groups excluding carboxylic acids is 3. The Morgan fingerprint density at radius 3 is 2.55 bits per heavy atom. The summed E-state index contributed by atoms with van der Waals surface area (Å²) in [6, 6.07) is 11.6. The molecular formula is C23H25N3O5. The van der Waals surface area contributed by atoms with E-state index in [0.29, 0.717) is 11.5 Å². The van der Waals surface area contributed by atoms with Crippen LogP contribution in [0.2, 0.25) is 0 Å². The lowest BCUT2D eigenvalue weighted by Crippen LogP contribution is -2.37. The first-order valence-electron chi connectivity index (χ1n) is 10.2. The maximum atomic E-state index is 12.7. The third-order valence-electron chi connectivity index (χ3n) is 5.74. The summed E-state index contributed by atoms with van der Waals surface area (Å²) in [5, 5.41) is 5.62. The average Bonchev–Trinajstić information content (AvgIpc) is 3.28. The summed E-state index contributed by atoms with van der Waals surface area (Å²) in [5.41, 5.74) is 2.93. The van der Waals surface area contributed by atoms with Crippen molar-refractivity contribution in [2.24, 2.45) is 0 Å². The van der Waals surface area contributed by atoms with Crippen LogP contribution >= 0.6 is 0 Å². The van der Waals surface area contributed by atoms with Gasteiger partial charge in [0, 0.05) is 0 Å². The Morgan fingerprint density at radius 1 is 1.13 bits per heavy atom. The Bertz CT molecular complexity index is 1010. The molecule has 8 heteroatoms. The highest BCUT2D eigenvalue weighted by molar-refractivity contribution is 6.05. The minimum Gasteiger partial charge on any atom is -0.493 e. The number of hydrogen-bond acceptors (Lipinski definition) is 5. The molecule has 0 aromatic heterocycles. The van der Waals surface area contributed by atoms with Gasteiger partial charge >= 0.3 is 6.03 Å². The summed E-state index contributed by atoms with van der Waals surface area (Å²) in [4.78, 5) is 38.8. The van der Waals surface area contributed by atoms with Crippen molar-refractivity contribution in [2.75, 3.05) is 14.2 Å². The molecule has 2 aliphatic rings. The van der Waals surface area contributed by atoms with E-state index >= 15 is 0 Å². The highest BCUT2D eigenvalue weighted by Gasteiger charge is 2.39. The zero-order valence-corrected chi connectivity index (χ0v) is 17.5. The second-order valence-corrected chi connectivity index (χ2v) is 7.68. The molecular weight excluding hydrogens is 398 g/mol. The normalized spacial score (nSPS) is 19.7. The molecule has 1 aliphatic heterocycles. The number of ether oxygens (including phenoxy) is 2. The average molecular weight is 423 g/mol. The topological polar surface area (TPSA) is 97.0 Å². The highest BCUT2D eigenvalue weighted by atomic mass is 16.5. The van der Waals surface area contributed by atoms with Gasteiger partial charge in [0.25, 0.3) is 5.91 Å². The number of methoxy groups -OCH3 is 2. The van der Waals surface area contributed by atoms with Gasteiger partial charge in [-0.15, -0.1) is 0 Å². The van der Waals surface area contributed by atoms with Gasteiger partial charge in [0.2, 0.25) is 5.91 Å². The van der Waals surface area contributed by atoms with E-state index in [1.54, 1.807) is 14.2 Å². The minimum absolute atomic E-state index is 0.102. The number of hydrogen-bond donors (Lipinski definition) is 2. The fraction of sp³-hybridized carbons (Fsp3) is 0.348. The number of carbonyl (C=O) groups is 3. The smallest absolute Gasteiger partial charge is 0.325 e. The highest BCUT2D eigenvalue weighted by Crippen LogP contribution is 2.39. The van der Waals surface area contributed by atoms with Crippen LogP contribution in [-0.2, 0) is 22.6 Å². The van der Waals surface area contributed by atoms with Crippen molar-refractivity contribution < 1.29 is 23.9 Å². The maximum absolute atomic E-state index is 12.7. The molecule has 1 aliphatic carbocycles. The Kier molecular flexibility index (Phi) is 5.79. The van der Waals surface area contributed by atoms with Crippen molar-refractivity contribution in [1.29, 1.82) is 0 Å². The summed E-state index contributed by atoms with van der Waals surface area (Å²) in [6.07, 6.45) is 1.46. The fourth-order valence-corrected chi connectivity index (χ4v) is 4.15. The molecule has 0 radical (unpaired) electrons. The quantitative estimate of drug-likeness (QED) is 0.667. The lowest BCUT2D eigenvalue weighted by atomic mass is 10.1. The standard InChI is InChI=1S/C23H25N3O5/c1-30-19-10-15-8-9-17(16(15)11-20(19)31-2)24-21(27)12-18-22(28)26(23(29)25-18)13-14-6-4-3-5-7-14/h3-7,10-11,17-18H,8-9,12-13H2,1-2H3,(H,24,27)(H,25,29)/t17-,18-/m0/s1. The third-order valence-corrected chi connectivity index (χ3v) is 5.74. The largest absolute Gasteiger partial charge is 0.493 e. The summed E-state index contributed by atoms with van der Waals surface area (Å²) < 4.78 is 10.7. The van der Waals surface area contributed by atoms with E-state index in [1.807, 2.05) is 42.5 Å². The minimum atomic E-state index is -0.859. The van der Waals surface area contributed by atoms with Crippen molar-refractivity contribution in [1.82, 2.24) is 15.5 Å². The van der Waals surface area contributed by atoms with Crippen molar-refractivity contribution in [2.45, 2.75) is 37.9 Å². The second-order valence-electron chi connectivity index (χ2n) is 7.68.